The van der Waals surface area contributed by atoms with E-state index in [-0.39, 0.29) is 37.0 Å². The Morgan fingerprint density at radius 1 is 1.19 bits per heavy atom. The van der Waals surface area contributed by atoms with E-state index in [0.717, 1.165) is 12.8 Å². The molecule has 1 aromatic heterocycles. The molecular formula is C17H24Cl2N4O2S. The lowest BCUT2D eigenvalue weighted by Crippen LogP contribution is -2.33. The zero-order valence-electron chi connectivity index (χ0n) is 15.3. The van der Waals surface area contributed by atoms with E-state index in [1.54, 1.807) is 0 Å². The van der Waals surface area contributed by atoms with E-state index in [1.807, 2.05) is 0 Å². The summed E-state index contributed by atoms with van der Waals surface area (Å²) in [7, 11) is -3.89. The minimum absolute atomic E-state index is 0.0396. The molecule has 0 spiro atoms. The van der Waals surface area contributed by atoms with Crippen molar-refractivity contribution in [2.24, 2.45) is 5.73 Å². The van der Waals surface area contributed by atoms with E-state index in [0.29, 0.717) is 0 Å². The molecule has 2 rings (SSSR count). The average molecular weight is 419 g/mol. The fourth-order valence-electron chi connectivity index (χ4n) is 1.80. The van der Waals surface area contributed by atoms with Gasteiger partial charge in [-0.05, 0) is 38.8 Å². The Kier molecular flexibility index (Phi) is 7.83. The van der Waals surface area contributed by atoms with Crippen molar-refractivity contribution >= 4 is 38.9 Å². The molecule has 1 heterocycles. The number of aromatic nitrogens is 2. The van der Waals surface area contributed by atoms with Gasteiger partial charge < -0.3 is 11.5 Å². The van der Waals surface area contributed by atoms with Gasteiger partial charge in [0, 0.05) is 5.54 Å². The number of nitrogen functional groups attached to an aromatic ring is 1. The van der Waals surface area contributed by atoms with Crippen molar-refractivity contribution in [1.29, 1.82) is 0 Å². The summed E-state index contributed by atoms with van der Waals surface area (Å²) in [4.78, 5) is 7.59. The zero-order valence-corrected chi connectivity index (χ0v) is 17.6. The molecule has 9 heteroatoms. The largest absolute Gasteiger partial charge is 0.382 e. The van der Waals surface area contributed by atoms with Crippen LogP contribution in [0.15, 0.2) is 34.3 Å². The Bertz CT molecular complexity index is 865. The first kappa shape index (κ1) is 22.6. The molecule has 4 N–H and O–H groups in total. The molecule has 0 atom stereocenters. The van der Waals surface area contributed by atoms with E-state index in [9.17, 15) is 8.42 Å². The summed E-state index contributed by atoms with van der Waals surface area (Å²) in [6.45, 7) is 7.81. The van der Waals surface area contributed by atoms with Gasteiger partial charge in [-0.1, -0.05) is 43.1 Å². The van der Waals surface area contributed by atoms with E-state index in [4.69, 9.17) is 34.7 Å². The average Bonchev–Trinajstić information content (AvgIpc) is 2.57. The van der Waals surface area contributed by atoms with Crippen molar-refractivity contribution < 1.29 is 8.42 Å². The number of hydrogen-bond acceptors (Lipinski definition) is 6. The zero-order chi connectivity index (χ0) is 20.1. The first-order valence-electron chi connectivity index (χ1n) is 8.03. The van der Waals surface area contributed by atoms with Crippen LogP contribution in [-0.2, 0) is 9.84 Å². The smallest absolute Gasteiger partial charge is 0.227 e. The van der Waals surface area contributed by atoms with Gasteiger partial charge in [0.15, 0.2) is 5.03 Å². The fourth-order valence-corrected chi connectivity index (χ4v) is 3.90. The quantitative estimate of drug-likeness (QED) is 0.774. The van der Waals surface area contributed by atoms with Crippen LogP contribution in [0.25, 0.3) is 0 Å². The summed E-state index contributed by atoms with van der Waals surface area (Å²) in [5, 5.41) is -0.0724. The van der Waals surface area contributed by atoms with E-state index in [1.165, 1.54) is 31.3 Å². The maximum absolute atomic E-state index is 12.5. The van der Waals surface area contributed by atoms with Crippen LogP contribution < -0.4 is 11.5 Å². The number of sulfone groups is 1. The first-order chi connectivity index (χ1) is 12.0. The molecule has 0 aliphatic heterocycles. The fraction of sp³-hybridized carbons (Fsp3) is 0.412. The van der Waals surface area contributed by atoms with Crippen molar-refractivity contribution in [1.82, 2.24) is 9.97 Å². The van der Waals surface area contributed by atoms with Gasteiger partial charge in [-0.25, -0.2) is 18.4 Å². The molecule has 0 bridgehead atoms. The Hall–Kier alpha value is -1.41. The second kappa shape index (κ2) is 8.99. The van der Waals surface area contributed by atoms with Crippen molar-refractivity contribution in [2.75, 3.05) is 5.73 Å². The molecular weight excluding hydrogens is 395 g/mol. The Balaban J connectivity index is 0.000000412. The van der Waals surface area contributed by atoms with Crippen molar-refractivity contribution in [3.63, 3.8) is 0 Å². The molecule has 0 aliphatic carbocycles. The molecule has 0 fully saturated rings. The molecule has 144 valence electrons. The third-order valence-corrected chi connectivity index (χ3v) is 6.76. The molecule has 26 heavy (non-hydrogen) atoms. The topological polar surface area (TPSA) is 112 Å². The number of benzene rings is 1. The Morgan fingerprint density at radius 3 is 2.23 bits per heavy atom. The van der Waals surface area contributed by atoms with Gasteiger partial charge in [0.05, 0.1) is 26.8 Å². The Morgan fingerprint density at radius 2 is 1.77 bits per heavy atom. The van der Waals surface area contributed by atoms with Crippen molar-refractivity contribution in [3.8, 4) is 0 Å². The number of nitrogens with zero attached hydrogens (tertiary/aromatic N) is 2. The highest BCUT2D eigenvalue weighted by molar-refractivity contribution is 7.91. The molecule has 6 nitrogen and oxygen atoms in total. The van der Waals surface area contributed by atoms with Crippen LogP contribution in [0.2, 0.25) is 10.0 Å². The molecule has 0 saturated carbocycles. The number of aryl methyl sites for hydroxylation is 1. The maximum Gasteiger partial charge on any atom is 0.227 e. The third-order valence-electron chi connectivity index (χ3n) is 4.00. The molecule has 1 aromatic carbocycles. The lowest BCUT2D eigenvalue weighted by atomic mass is 9.98. The molecule has 0 saturated heterocycles. The molecule has 0 amide bonds. The van der Waals surface area contributed by atoms with E-state index >= 15 is 0 Å². The SMILES string of the molecule is CCC(C)(N)CC.Cc1nc(N)cnc1S(=O)(=O)c1cccc(Cl)c1Cl. The highest BCUT2D eigenvalue weighted by Crippen LogP contribution is 2.32. The van der Waals surface area contributed by atoms with Crippen LogP contribution in [0.3, 0.4) is 0 Å². The molecule has 0 aliphatic rings. The van der Waals surface area contributed by atoms with Gasteiger partial charge in [0.1, 0.15) is 5.82 Å². The van der Waals surface area contributed by atoms with Crippen molar-refractivity contribution in [2.45, 2.75) is 56.0 Å². The highest BCUT2D eigenvalue weighted by Gasteiger charge is 2.26. The summed E-state index contributed by atoms with van der Waals surface area (Å²) >= 11 is 11.7. The predicted octanol–water partition coefficient (Wildman–Crippen LogP) is 4.03. The lowest BCUT2D eigenvalue weighted by Gasteiger charge is -2.18. The van der Waals surface area contributed by atoms with Crippen LogP contribution in [0, 0.1) is 6.92 Å². The lowest BCUT2D eigenvalue weighted by molar-refractivity contribution is 0.437. The minimum Gasteiger partial charge on any atom is -0.382 e. The molecule has 0 radical (unpaired) electrons. The number of anilines is 1. The summed E-state index contributed by atoms with van der Waals surface area (Å²) in [6.07, 6.45) is 3.32. The van der Waals surface area contributed by atoms with E-state index in [2.05, 4.69) is 30.7 Å². The second-order valence-electron chi connectivity index (χ2n) is 6.10. The maximum atomic E-state index is 12.5. The summed E-state index contributed by atoms with van der Waals surface area (Å²) in [6, 6.07) is 4.37. The van der Waals surface area contributed by atoms with Crippen LogP contribution in [-0.4, -0.2) is 23.9 Å². The van der Waals surface area contributed by atoms with Crippen LogP contribution in [0.4, 0.5) is 5.82 Å². The van der Waals surface area contributed by atoms with Crippen LogP contribution in [0.1, 0.15) is 39.3 Å². The third kappa shape index (κ3) is 5.54. The van der Waals surface area contributed by atoms with Crippen LogP contribution >= 0.6 is 23.2 Å². The van der Waals surface area contributed by atoms with Gasteiger partial charge in [0.25, 0.3) is 0 Å². The highest BCUT2D eigenvalue weighted by atomic mass is 35.5. The monoisotopic (exact) mass is 418 g/mol. The second-order valence-corrected chi connectivity index (χ2v) is 8.72. The van der Waals surface area contributed by atoms with Gasteiger partial charge in [-0.3, -0.25) is 0 Å². The van der Waals surface area contributed by atoms with Crippen LogP contribution in [0.5, 0.6) is 0 Å². The first-order valence-corrected chi connectivity index (χ1v) is 10.3. The standard InChI is InChI=1S/C11H9Cl2N3O2S.C6H15N/c1-6-11(15-5-9(14)16-6)19(17,18)8-4-2-3-7(12)10(8)13;1-4-6(3,7)5-2/h2-5H,1H3,(H2,14,16);4-5,7H2,1-3H3. The number of nitrogens with two attached hydrogens (primary N) is 2. The van der Waals surface area contributed by atoms with Gasteiger partial charge >= 0.3 is 0 Å². The summed E-state index contributed by atoms with van der Waals surface area (Å²) < 4.78 is 24.9. The number of halogens is 2. The molecule has 2 aromatic rings. The van der Waals surface area contributed by atoms with Gasteiger partial charge in [0.2, 0.25) is 9.84 Å². The van der Waals surface area contributed by atoms with Gasteiger partial charge in [-0.2, -0.15) is 0 Å². The van der Waals surface area contributed by atoms with E-state index < -0.39 is 9.84 Å². The minimum atomic E-state index is -3.89. The normalized spacial score (nSPS) is 11.7. The van der Waals surface area contributed by atoms with Gasteiger partial charge in [-0.15, -0.1) is 0 Å². The predicted molar refractivity (Wildman–Crippen MR) is 106 cm³/mol. The number of rotatable bonds is 4. The number of hydrogen-bond donors (Lipinski definition) is 2. The summed E-state index contributed by atoms with van der Waals surface area (Å²) in [5.41, 5.74) is 11.5. The Labute approximate surface area is 164 Å². The molecule has 0 unspecified atom stereocenters. The van der Waals surface area contributed by atoms with Crippen molar-refractivity contribution in [3.05, 3.63) is 40.1 Å². The summed E-state index contributed by atoms with van der Waals surface area (Å²) in [5.74, 6) is 0.147.